The molecule has 3 aromatic carbocycles. The van der Waals surface area contributed by atoms with E-state index in [1.54, 1.807) is 0 Å². The molecule has 2 N–H and O–H groups in total. The second kappa shape index (κ2) is 9.72. The Hall–Kier alpha value is -3.23. The van der Waals surface area contributed by atoms with Crippen molar-refractivity contribution in [1.29, 1.82) is 0 Å². The van der Waals surface area contributed by atoms with E-state index in [9.17, 15) is 22.4 Å². The van der Waals surface area contributed by atoms with E-state index < -0.39 is 32.7 Å². The predicted molar refractivity (Wildman–Crippen MR) is 116 cm³/mol. The van der Waals surface area contributed by atoms with Crippen molar-refractivity contribution in [2.75, 3.05) is 5.32 Å². The van der Waals surface area contributed by atoms with Crippen LogP contribution in [0.25, 0.3) is 0 Å². The van der Waals surface area contributed by atoms with Crippen molar-refractivity contribution >= 4 is 37.2 Å². The Morgan fingerprint density at radius 3 is 2.10 bits per heavy atom. The maximum Gasteiger partial charge on any atom is 0.261 e. The fourth-order valence-corrected chi connectivity index (χ4v) is 3.60. The molecule has 0 aliphatic carbocycles. The van der Waals surface area contributed by atoms with Gasteiger partial charge >= 0.3 is 0 Å². The quantitative estimate of drug-likeness (QED) is 0.525. The zero-order chi connectivity index (χ0) is 22.4. The molecule has 0 spiro atoms. The molecule has 0 heterocycles. The van der Waals surface area contributed by atoms with Gasteiger partial charge in [-0.15, -0.1) is 0 Å². The number of amides is 2. The number of hydrogen-bond acceptors (Lipinski definition) is 4. The predicted octanol–water partition coefficient (Wildman–Crippen LogP) is 3.73. The minimum atomic E-state index is -3.88. The van der Waals surface area contributed by atoms with Crippen LogP contribution in [-0.4, -0.2) is 26.3 Å². The summed E-state index contributed by atoms with van der Waals surface area (Å²) in [6, 6.07) is 18.5. The Morgan fingerprint density at radius 1 is 0.903 bits per heavy atom. The summed E-state index contributed by atoms with van der Waals surface area (Å²) in [6.07, 6.45) is 0.216. The molecule has 9 heteroatoms. The van der Waals surface area contributed by atoms with Crippen molar-refractivity contribution in [3.63, 3.8) is 0 Å². The monoisotopic (exact) mass is 460 g/mol. The second-order valence-corrected chi connectivity index (χ2v) is 9.24. The minimum Gasteiger partial charge on any atom is -0.340 e. The van der Waals surface area contributed by atoms with Gasteiger partial charge in [0.25, 0.3) is 15.0 Å². The van der Waals surface area contributed by atoms with Gasteiger partial charge in [0, 0.05) is 28.4 Å². The smallest absolute Gasteiger partial charge is 0.261 e. The summed E-state index contributed by atoms with van der Waals surface area (Å²) in [5.74, 6) is -1.50. The zero-order valence-electron chi connectivity index (χ0n) is 16.1. The van der Waals surface area contributed by atoms with Gasteiger partial charge in [-0.1, -0.05) is 30.3 Å². The normalized spacial score (nSPS) is 12.1. The number of halogens is 2. The van der Waals surface area contributed by atoms with E-state index in [-0.39, 0.29) is 16.9 Å². The number of anilines is 1. The molecule has 2 amide bonds. The molecule has 0 bridgehead atoms. The van der Waals surface area contributed by atoms with E-state index in [0.29, 0.717) is 5.69 Å². The maximum atomic E-state index is 13.1. The minimum absolute atomic E-state index is 0.0994. The number of carbonyl (C=O) groups is 2. The van der Waals surface area contributed by atoms with Gasteiger partial charge in [0.1, 0.15) is 11.9 Å². The summed E-state index contributed by atoms with van der Waals surface area (Å²) >= 11 is 0. The molecule has 3 rings (SSSR count). The molecule has 1 atom stereocenters. The molecule has 3 aromatic rings. The molecular formula is C22H18ClFN2O4S. The third-order valence-corrected chi connectivity index (χ3v) is 5.78. The Kier molecular flexibility index (Phi) is 7.04. The molecular weight excluding hydrogens is 443 g/mol. The standard InChI is InChI=1S/C22H18ClFN2O4S/c23-31(29,30)19-12-10-18(11-13-19)25-22(28)20(14-15-4-2-1-3-5-15)26-21(27)16-6-8-17(24)9-7-16/h1-13,20H,14H2,(H,25,28)(H,26,27)/t20-/m1/s1. The molecule has 0 saturated carbocycles. The number of nitrogens with one attached hydrogen (secondary N) is 2. The van der Waals surface area contributed by atoms with Gasteiger partial charge in [-0.05, 0) is 54.1 Å². The molecule has 0 radical (unpaired) electrons. The van der Waals surface area contributed by atoms with Crippen molar-refractivity contribution in [2.45, 2.75) is 17.4 Å². The molecule has 0 aromatic heterocycles. The van der Waals surface area contributed by atoms with E-state index >= 15 is 0 Å². The molecule has 0 fully saturated rings. The summed E-state index contributed by atoms with van der Waals surface area (Å²) in [4.78, 5) is 25.4. The summed E-state index contributed by atoms with van der Waals surface area (Å²) in [6.45, 7) is 0. The van der Waals surface area contributed by atoms with Crippen molar-refractivity contribution < 1.29 is 22.4 Å². The Labute approximate surface area is 183 Å². The van der Waals surface area contributed by atoms with Gasteiger partial charge in [0.05, 0.1) is 4.90 Å². The first kappa shape index (κ1) is 22.5. The van der Waals surface area contributed by atoms with Crippen LogP contribution in [0.5, 0.6) is 0 Å². The highest BCUT2D eigenvalue weighted by molar-refractivity contribution is 8.13. The number of hydrogen-bond donors (Lipinski definition) is 2. The topological polar surface area (TPSA) is 92.3 Å². The molecule has 0 aliphatic rings. The van der Waals surface area contributed by atoms with Crippen molar-refractivity contribution in [2.24, 2.45) is 0 Å². The van der Waals surface area contributed by atoms with Crippen LogP contribution >= 0.6 is 10.7 Å². The fraction of sp³-hybridized carbons (Fsp3) is 0.0909. The maximum absolute atomic E-state index is 13.1. The van der Waals surface area contributed by atoms with Crippen LogP contribution in [0.15, 0.2) is 83.8 Å². The Morgan fingerprint density at radius 2 is 1.52 bits per heavy atom. The van der Waals surface area contributed by atoms with E-state index in [1.165, 1.54) is 36.4 Å². The zero-order valence-corrected chi connectivity index (χ0v) is 17.7. The lowest BCUT2D eigenvalue weighted by Crippen LogP contribution is -2.45. The lowest BCUT2D eigenvalue weighted by molar-refractivity contribution is -0.118. The third kappa shape index (κ3) is 6.37. The molecule has 6 nitrogen and oxygen atoms in total. The van der Waals surface area contributed by atoms with Gasteiger partial charge in [0.15, 0.2) is 0 Å². The van der Waals surface area contributed by atoms with Crippen molar-refractivity contribution in [3.05, 3.63) is 95.8 Å². The van der Waals surface area contributed by atoms with Gasteiger partial charge in [0.2, 0.25) is 5.91 Å². The summed E-state index contributed by atoms with van der Waals surface area (Å²) in [7, 11) is 1.42. The first-order valence-electron chi connectivity index (χ1n) is 9.18. The van der Waals surface area contributed by atoms with Crippen LogP contribution in [0.4, 0.5) is 10.1 Å². The third-order valence-electron chi connectivity index (χ3n) is 4.41. The van der Waals surface area contributed by atoms with Crippen molar-refractivity contribution in [3.8, 4) is 0 Å². The van der Waals surface area contributed by atoms with Crippen LogP contribution in [0, 0.1) is 5.82 Å². The largest absolute Gasteiger partial charge is 0.340 e. The summed E-state index contributed by atoms with van der Waals surface area (Å²) in [5.41, 5.74) is 1.37. The van der Waals surface area contributed by atoms with Crippen LogP contribution in [-0.2, 0) is 20.3 Å². The second-order valence-electron chi connectivity index (χ2n) is 6.67. The van der Waals surface area contributed by atoms with Crippen LogP contribution in [0.2, 0.25) is 0 Å². The average molecular weight is 461 g/mol. The summed E-state index contributed by atoms with van der Waals surface area (Å²) in [5, 5.41) is 5.32. The van der Waals surface area contributed by atoms with E-state index in [0.717, 1.165) is 17.7 Å². The van der Waals surface area contributed by atoms with Gasteiger partial charge in [-0.25, -0.2) is 12.8 Å². The highest BCUT2D eigenvalue weighted by Gasteiger charge is 2.22. The van der Waals surface area contributed by atoms with Crippen LogP contribution in [0.3, 0.4) is 0 Å². The lowest BCUT2D eigenvalue weighted by atomic mass is 10.0. The highest BCUT2D eigenvalue weighted by atomic mass is 35.7. The highest BCUT2D eigenvalue weighted by Crippen LogP contribution is 2.18. The van der Waals surface area contributed by atoms with E-state index in [1.807, 2.05) is 30.3 Å². The molecule has 0 aliphatic heterocycles. The van der Waals surface area contributed by atoms with E-state index in [4.69, 9.17) is 10.7 Å². The van der Waals surface area contributed by atoms with Crippen molar-refractivity contribution in [1.82, 2.24) is 5.32 Å². The Bertz CT molecular complexity index is 1170. The first-order valence-corrected chi connectivity index (χ1v) is 11.5. The number of carbonyl (C=O) groups excluding carboxylic acids is 2. The van der Waals surface area contributed by atoms with Crippen LogP contribution in [0.1, 0.15) is 15.9 Å². The SMILES string of the molecule is O=C(N[C@H](Cc1ccccc1)C(=O)Nc1ccc(S(=O)(=O)Cl)cc1)c1ccc(F)cc1. The lowest BCUT2D eigenvalue weighted by Gasteiger charge is -2.19. The Balaban J connectivity index is 1.78. The molecule has 31 heavy (non-hydrogen) atoms. The number of rotatable bonds is 7. The molecule has 0 saturated heterocycles. The average Bonchev–Trinajstić information content (AvgIpc) is 2.74. The number of benzene rings is 3. The van der Waals surface area contributed by atoms with Gasteiger partial charge < -0.3 is 10.6 Å². The molecule has 0 unspecified atom stereocenters. The van der Waals surface area contributed by atoms with E-state index in [2.05, 4.69) is 10.6 Å². The molecule has 160 valence electrons. The first-order chi connectivity index (χ1) is 14.7. The van der Waals surface area contributed by atoms with Gasteiger partial charge in [-0.2, -0.15) is 0 Å². The van der Waals surface area contributed by atoms with Gasteiger partial charge in [-0.3, -0.25) is 9.59 Å². The fourth-order valence-electron chi connectivity index (χ4n) is 2.83. The summed E-state index contributed by atoms with van der Waals surface area (Å²) < 4.78 is 35.9. The van der Waals surface area contributed by atoms with Crippen LogP contribution < -0.4 is 10.6 Å².